The molecule has 1 aliphatic rings. The van der Waals surface area contributed by atoms with E-state index in [4.69, 9.17) is 4.84 Å². The van der Waals surface area contributed by atoms with E-state index in [2.05, 4.69) is 10.5 Å². The maximum Gasteiger partial charge on any atom is 0.268 e. The van der Waals surface area contributed by atoms with Crippen LogP contribution < -0.4 is 10.9 Å². The van der Waals surface area contributed by atoms with Crippen molar-refractivity contribution in [2.24, 2.45) is 5.16 Å². The molecule has 3 rings (SSSR count). The lowest BCUT2D eigenvalue weighted by atomic mass is 10.0. The molecule has 24 heavy (non-hydrogen) atoms. The molecule has 0 fully saturated rings. The van der Waals surface area contributed by atoms with Crippen molar-refractivity contribution in [3.8, 4) is 0 Å². The number of nitrogens with zero attached hydrogens (tertiary/aromatic N) is 2. The van der Waals surface area contributed by atoms with Crippen molar-refractivity contribution >= 4 is 17.3 Å². The third kappa shape index (κ3) is 3.34. The molecule has 0 aliphatic carbocycles. The van der Waals surface area contributed by atoms with Gasteiger partial charge in [0.2, 0.25) is 6.10 Å². The third-order valence-electron chi connectivity index (χ3n) is 3.71. The number of amides is 1. The first kappa shape index (κ1) is 15.9. The van der Waals surface area contributed by atoms with Gasteiger partial charge >= 0.3 is 0 Å². The minimum atomic E-state index is -0.787. The summed E-state index contributed by atoms with van der Waals surface area (Å²) in [7, 11) is 0. The highest BCUT2D eigenvalue weighted by molar-refractivity contribution is 6.06. The SMILES string of the molecule is CCn1cc(NC(=O)[C@H]2CC(c3cccc(F)c3)=NO2)ccc1=O. The molecule has 1 atom stereocenters. The number of carbonyl (C=O) groups is 1. The molecule has 0 unspecified atom stereocenters. The summed E-state index contributed by atoms with van der Waals surface area (Å²) in [6.45, 7) is 2.35. The highest BCUT2D eigenvalue weighted by atomic mass is 19.1. The monoisotopic (exact) mass is 329 g/mol. The van der Waals surface area contributed by atoms with Crippen LogP contribution in [0.2, 0.25) is 0 Å². The van der Waals surface area contributed by atoms with Crippen LogP contribution in [0.15, 0.2) is 52.5 Å². The number of hydrogen-bond acceptors (Lipinski definition) is 4. The molecule has 124 valence electrons. The van der Waals surface area contributed by atoms with Gasteiger partial charge in [-0.2, -0.15) is 0 Å². The van der Waals surface area contributed by atoms with Gasteiger partial charge in [-0.1, -0.05) is 17.3 Å². The summed E-state index contributed by atoms with van der Waals surface area (Å²) in [6, 6.07) is 8.91. The maximum absolute atomic E-state index is 13.3. The highest BCUT2D eigenvalue weighted by Gasteiger charge is 2.29. The zero-order valence-electron chi connectivity index (χ0n) is 13.0. The van der Waals surface area contributed by atoms with Gasteiger partial charge in [0.05, 0.1) is 11.4 Å². The summed E-state index contributed by atoms with van der Waals surface area (Å²) in [5, 5.41) is 6.57. The molecule has 1 amide bonds. The third-order valence-corrected chi connectivity index (χ3v) is 3.71. The standard InChI is InChI=1S/C17H16FN3O3/c1-2-21-10-13(6-7-16(21)22)19-17(23)15-9-14(20-24-15)11-4-3-5-12(18)8-11/h3-8,10,15H,2,9H2,1H3,(H,19,23)/t15-/m1/s1. The van der Waals surface area contributed by atoms with E-state index in [0.717, 1.165) is 0 Å². The van der Waals surface area contributed by atoms with Crippen molar-refractivity contribution in [1.82, 2.24) is 4.57 Å². The van der Waals surface area contributed by atoms with E-state index in [1.807, 2.05) is 6.92 Å². The Morgan fingerprint density at radius 3 is 3.00 bits per heavy atom. The molecule has 1 aliphatic heterocycles. The number of oxime groups is 1. The summed E-state index contributed by atoms with van der Waals surface area (Å²) in [6.07, 6.45) is 1.04. The first-order chi connectivity index (χ1) is 11.6. The van der Waals surface area contributed by atoms with E-state index in [1.54, 1.807) is 18.3 Å². The van der Waals surface area contributed by atoms with Gasteiger partial charge in [-0.3, -0.25) is 9.59 Å². The van der Waals surface area contributed by atoms with E-state index in [1.165, 1.54) is 28.8 Å². The van der Waals surface area contributed by atoms with Crippen LogP contribution in [-0.2, 0) is 16.2 Å². The molecule has 2 aromatic rings. The summed E-state index contributed by atoms with van der Waals surface area (Å²) >= 11 is 0. The van der Waals surface area contributed by atoms with Crippen LogP contribution in [0.3, 0.4) is 0 Å². The van der Waals surface area contributed by atoms with Gasteiger partial charge in [0, 0.05) is 30.8 Å². The quantitative estimate of drug-likeness (QED) is 0.934. The number of aromatic nitrogens is 1. The van der Waals surface area contributed by atoms with Crippen molar-refractivity contribution in [3.63, 3.8) is 0 Å². The summed E-state index contributed by atoms with van der Waals surface area (Å²) in [5.41, 5.74) is 1.48. The maximum atomic E-state index is 13.3. The van der Waals surface area contributed by atoms with Gasteiger partial charge in [0.15, 0.2) is 0 Å². The zero-order valence-corrected chi connectivity index (χ0v) is 13.0. The molecular weight excluding hydrogens is 313 g/mol. The number of pyridine rings is 1. The molecule has 7 heteroatoms. The fourth-order valence-corrected chi connectivity index (χ4v) is 2.43. The second-order valence-electron chi connectivity index (χ2n) is 5.38. The summed E-state index contributed by atoms with van der Waals surface area (Å²) < 4.78 is 14.8. The smallest absolute Gasteiger partial charge is 0.268 e. The van der Waals surface area contributed by atoms with Gasteiger partial charge < -0.3 is 14.7 Å². The number of rotatable bonds is 4. The van der Waals surface area contributed by atoms with E-state index in [0.29, 0.717) is 23.5 Å². The highest BCUT2D eigenvalue weighted by Crippen LogP contribution is 2.19. The van der Waals surface area contributed by atoms with Crippen LogP contribution in [0.5, 0.6) is 0 Å². The largest absolute Gasteiger partial charge is 0.382 e. The Hall–Kier alpha value is -2.96. The van der Waals surface area contributed by atoms with Crippen LogP contribution >= 0.6 is 0 Å². The average molecular weight is 329 g/mol. The van der Waals surface area contributed by atoms with Gasteiger partial charge in [-0.25, -0.2) is 4.39 Å². The Morgan fingerprint density at radius 1 is 1.42 bits per heavy atom. The second-order valence-corrected chi connectivity index (χ2v) is 5.38. The van der Waals surface area contributed by atoms with Crippen LogP contribution in [0.4, 0.5) is 10.1 Å². The van der Waals surface area contributed by atoms with Gasteiger partial charge in [0.25, 0.3) is 11.5 Å². The Balaban J connectivity index is 1.66. The molecule has 6 nitrogen and oxygen atoms in total. The lowest BCUT2D eigenvalue weighted by Crippen LogP contribution is -2.29. The van der Waals surface area contributed by atoms with Crippen LogP contribution in [0.1, 0.15) is 18.9 Å². The van der Waals surface area contributed by atoms with Gasteiger partial charge in [-0.05, 0) is 25.1 Å². The predicted molar refractivity (Wildman–Crippen MR) is 87.4 cm³/mol. The lowest BCUT2D eigenvalue weighted by molar-refractivity contribution is -0.125. The van der Waals surface area contributed by atoms with Crippen LogP contribution in [0.25, 0.3) is 0 Å². The molecule has 0 radical (unpaired) electrons. The van der Waals surface area contributed by atoms with Gasteiger partial charge in [-0.15, -0.1) is 0 Å². The topological polar surface area (TPSA) is 72.7 Å². The Morgan fingerprint density at radius 2 is 2.25 bits per heavy atom. The molecular formula is C17H16FN3O3. The van der Waals surface area contributed by atoms with E-state index >= 15 is 0 Å². The molecule has 1 aromatic heterocycles. The van der Waals surface area contributed by atoms with E-state index in [9.17, 15) is 14.0 Å². The number of hydrogen-bond donors (Lipinski definition) is 1. The number of halogens is 1. The summed E-state index contributed by atoms with van der Waals surface area (Å²) in [4.78, 5) is 29.0. The van der Waals surface area contributed by atoms with Gasteiger partial charge in [0.1, 0.15) is 5.82 Å². The fourth-order valence-electron chi connectivity index (χ4n) is 2.43. The number of aryl methyl sites for hydroxylation is 1. The van der Waals surface area contributed by atoms with E-state index in [-0.39, 0.29) is 23.7 Å². The Bertz CT molecular complexity index is 860. The fraction of sp³-hybridized carbons (Fsp3) is 0.235. The number of carbonyl (C=O) groups excluding carboxylic acids is 1. The van der Waals surface area contributed by atoms with Crippen LogP contribution in [-0.4, -0.2) is 22.3 Å². The molecule has 0 bridgehead atoms. The predicted octanol–water partition coefficient (Wildman–Crippen LogP) is 2.14. The van der Waals surface area contributed by atoms with Crippen molar-refractivity contribution < 1.29 is 14.0 Å². The van der Waals surface area contributed by atoms with Crippen LogP contribution in [0, 0.1) is 5.82 Å². The summed E-state index contributed by atoms with van der Waals surface area (Å²) in [5.74, 6) is -0.739. The van der Waals surface area contributed by atoms with Crippen molar-refractivity contribution in [2.45, 2.75) is 26.0 Å². The normalized spacial score (nSPS) is 16.4. The van der Waals surface area contributed by atoms with Crippen molar-refractivity contribution in [2.75, 3.05) is 5.32 Å². The Labute approximate surface area is 137 Å². The zero-order chi connectivity index (χ0) is 17.1. The minimum Gasteiger partial charge on any atom is -0.382 e. The molecule has 0 spiro atoms. The lowest BCUT2D eigenvalue weighted by Gasteiger charge is -2.11. The van der Waals surface area contributed by atoms with Crippen molar-refractivity contribution in [3.05, 3.63) is 64.3 Å². The average Bonchev–Trinajstić information content (AvgIpc) is 3.07. The van der Waals surface area contributed by atoms with Crippen molar-refractivity contribution in [1.29, 1.82) is 0 Å². The number of anilines is 1. The Kier molecular flexibility index (Phi) is 4.41. The molecule has 1 aromatic carbocycles. The minimum absolute atomic E-state index is 0.135. The molecule has 2 heterocycles. The molecule has 1 N–H and O–H groups in total. The second kappa shape index (κ2) is 6.66. The number of nitrogens with one attached hydrogen (secondary N) is 1. The molecule has 0 saturated heterocycles. The van der Waals surface area contributed by atoms with E-state index < -0.39 is 6.10 Å². The first-order valence-electron chi connectivity index (χ1n) is 7.57. The number of benzene rings is 1. The molecule has 0 saturated carbocycles. The first-order valence-corrected chi connectivity index (χ1v) is 7.57.